The van der Waals surface area contributed by atoms with E-state index < -0.39 is 6.43 Å². The van der Waals surface area contributed by atoms with Crippen LogP contribution in [-0.2, 0) is 4.74 Å². The summed E-state index contributed by atoms with van der Waals surface area (Å²) in [5.41, 5.74) is 2.18. The molecule has 0 aliphatic carbocycles. The second-order valence-corrected chi connectivity index (χ2v) is 7.49. The Labute approximate surface area is 167 Å². The van der Waals surface area contributed by atoms with Crippen molar-refractivity contribution in [3.05, 3.63) is 53.3 Å². The molecule has 29 heavy (non-hydrogen) atoms. The monoisotopic (exact) mass is 400 g/mol. The van der Waals surface area contributed by atoms with E-state index in [1.807, 2.05) is 45.0 Å². The largest absolute Gasteiger partial charge is 0.372 e. The zero-order chi connectivity index (χ0) is 20.7. The third kappa shape index (κ3) is 3.72. The molecule has 2 aromatic heterocycles. The molecule has 8 heteroatoms. The highest BCUT2D eigenvalue weighted by Crippen LogP contribution is 2.27. The van der Waals surface area contributed by atoms with Gasteiger partial charge in [-0.2, -0.15) is 5.10 Å². The number of aryl methyl sites for hydroxylation is 1. The van der Waals surface area contributed by atoms with Gasteiger partial charge in [-0.15, -0.1) is 0 Å². The van der Waals surface area contributed by atoms with Crippen molar-refractivity contribution >= 4 is 11.6 Å². The van der Waals surface area contributed by atoms with Crippen LogP contribution in [0.25, 0.3) is 16.9 Å². The van der Waals surface area contributed by atoms with Crippen LogP contribution in [0.3, 0.4) is 0 Å². The van der Waals surface area contributed by atoms with Crippen LogP contribution in [0.15, 0.2) is 36.5 Å². The molecule has 4 rings (SSSR count). The van der Waals surface area contributed by atoms with Gasteiger partial charge in [-0.1, -0.05) is 29.8 Å². The summed E-state index contributed by atoms with van der Waals surface area (Å²) in [6.07, 6.45) is -1.63. The third-order valence-electron chi connectivity index (χ3n) is 5.01. The molecule has 2 unspecified atom stereocenters. The van der Waals surface area contributed by atoms with Gasteiger partial charge in [0.2, 0.25) is 0 Å². The van der Waals surface area contributed by atoms with E-state index >= 15 is 0 Å². The molecule has 2 atom stereocenters. The number of benzene rings is 1. The number of carbonyl (C=O) groups is 1. The predicted octanol–water partition coefficient (Wildman–Crippen LogP) is 3.89. The maximum atomic E-state index is 13.7. The van der Waals surface area contributed by atoms with Crippen molar-refractivity contribution in [1.82, 2.24) is 19.5 Å². The van der Waals surface area contributed by atoms with Crippen LogP contribution in [0.2, 0.25) is 0 Å². The Balaban J connectivity index is 1.81. The summed E-state index contributed by atoms with van der Waals surface area (Å²) in [5.74, 6) is -0.282. The fourth-order valence-electron chi connectivity index (χ4n) is 3.68. The lowest BCUT2D eigenvalue weighted by Gasteiger charge is -2.35. The van der Waals surface area contributed by atoms with E-state index in [1.165, 1.54) is 12.3 Å². The Kier molecular flexibility index (Phi) is 5.04. The molecule has 1 fully saturated rings. The normalized spacial score (nSPS) is 19.9. The average Bonchev–Trinajstić information content (AvgIpc) is 3.10. The standard InChI is InChI=1S/C21H22F2N4O2/c1-12-4-6-15(7-5-12)17-8-18(19(22)23)27-20(25-17)16(9-24-27)21(28)26-10-13(2)29-14(3)11-26/h4-9,13-14,19H,10-11H2,1-3H3. The highest BCUT2D eigenvalue weighted by Gasteiger charge is 2.29. The maximum absolute atomic E-state index is 13.7. The molecule has 6 nitrogen and oxygen atoms in total. The first-order valence-corrected chi connectivity index (χ1v) is 9.52. The number of hydrogen-bond donors (Lipinski definition) is 0. The SMILES string of the molecule is Cc1ccc(-c2cc(C(F)F)n3ncc(C(=O)N4CC(C)OC(C)C4)c3n2)cc1. The fourth-order valence-corrected chi connectivity index (χ4v) is 3.68. The van der Waals surface area contributed by atoms with Crippen molar-refractivity contribution in [2.24, 2.45) is 0 Å². The number of ether oxygens (including phenoxy) is 1. The number of amides is 1. The first kappa shape index (κ1) is 19.4. The van der Waals surface area contributed by atoms with E-state index in [4.69, 9.17) is 4.74 Å². The van der Waals surface area contributed by atoms with Crippen molar-refractivity contribution in [2.45, 2.75) is 39.4 Å². The topological polar surface area (TPSA) is 59.7 Å². The molecule has 1 aliphatic heterocycles. The van der Waals surface area contributed by atoms with Gasteiger partial charge in [0.25, 0.3) is 12.3 Å². The fraction of sp³-hybridized carbons (Fsp3) is 0.381. The molecular formula is C21H22F2N4O2. The van der Waals surface area contributed by atoms with Crippen molar-refractivity contribution in [1.29, 1.82) is 0 Å². The van der Waals surface area contributed by atoms with E-state index in [9.17, 15) is 13.6 Å². The molecular weight excluding hydrogens is 378 g/mol. The second kappa shape index (κ2) is 7.51. The van der Waals surface area contributed by atoms with Gasteiger partial charge in [0.15, 0.2) is 5.65 Å². The molecule has 152 valence electrons. The predicted molar refractivity (Wildman–Crippen MR) is 104 cm³/mol. The van der Waals surface area contributed by atoms with Crippen molar-refractivity contribution < 1.29 is 18.3 Å². The Morgan fingerprint density at radius 3 is 2.45 bits per heavy atom. The number of carbonyl (C=O) groups excluding carboxylic acids is 1. The Hall–Kier alpha value is -2.87. The summed E-state index contributed by atoms with van der Waals surface area (Å²) < 4.78 is 34.2. The molecule has 0 radical (unpaired) electrons. The lowest BCUT2D eigenvalue weighted by molar-refractivity contribution is -0.0585. The summed E-state index contributed by atoms with van der Waals surface area (Å²) in [4.78, 5) is 19.3. The number of morpholine rings is 1. The number of halogens is 2. The quantitative estimate of drug-likeness (QED) is 0.669. The van der Waals surface area contributed by atoms with Gasteiger partial charge in [-0.25, -0.2) is 18.3 Å². The summed E-state index contributed by atoms with van der Waals surface area (Å²) in [7, 11) is 0. The molecule has 0 saturated carbocycles. The van der Waals surface area contributed by atoms with Crippen LogP contribution < -0.4 is 0 Å². The average molecular weight is 400 g/mol. The van der Waals surface area contributed by atoms with Gasteiger partial charge in [0.1, 0.15) is 11.3 Å². The van der Waals surface area contributed by atoms with Gasteiger partial charge in [-0.05, 0) is 26.8 Å². The lowest BCUT2D eigenvalue weighted by atomic mass is 10.1. The summed E-state index contributed by atoms with van der Waals surface area (Å²) >= 11 is 0. The molecule has 1 amide bonds. The summed E-state index contributed by atoms with van der Waals surface area (Å²) in [6, 6.07) is 8.76. The number of fused-ring (bicyclic) bond motifs is 1. The van der Waals surface area contributed by atoms with Gasteiger partial charge in [-0.3, -0.25) is 4.79 Å². The summed E-state index contributed by atoms with van der Waals surface area (Å²) in [5, 5.41) is 4.04. The zero-order valence-corrected chi connectivity index (χ0v) is 16.5. The molecule has 1 saturated heterocycles. The Bertz CT molecular complexity index is 1040. The van der Waals surface area contributed by atoms with E-state index in [2.05, 4.69) is 10.1 Å². The first-order valence-electron chi connectivity index (χ1n) is 9.52. The smallest absolute Gasteiger partial charge is 0.280 e. The maximum Gasteiger partial charge on any atom is 0.280 e. The van der Waals surface area contributed by atoms with Crippen LogP contribution in [0.5, 0.6) is 0 Å². The van der Waals surface area contributed by atoms with Gasteiger partial charge < -0.3 is 9.64 Å². The Morgan fingerprint density at radius 1 is 1.17 bits per heavy atom. The van der Waals surface area contributed by atoms with E-state index in [0.29, 0.717) is 24.3 Å². The highest BCUT2D eigenvalue weighted by molar-refractivity contribution is 6.00. The van der Waals surface area contributed by atoms with E-state index in [1.54, 1.807) is 4.90 Å². The number of nitrogens with zero attached hydrogens (tertiary/aromatic N) is 4. The second-order valence-electron chi connectivity index (χ2n) is 7.49. The van der Waals surface area contributed by atoms with Gasteiger partial charge in [0.05, 0.1) is 24.1 Å². The molecule has 1 aliphatic rings. The number of alkyl halides is 2. The van der Waals surface area contributed by atoms with Crippen LogP contribution in [0.4, 0.5) is 8.78 Å². The third-order valence-corrected chi connectivity index (χ3v) is 5.01. The molecule has 0 spiro atoms. The van der Waals surface area contributed by atoms with Gasteiger partial charge in [0, 0.05) is 18.7 Å². The molecule has 3 heterocycles. The molecule has 3 aromatic rings. The number of aromatic nitrogens is 3. The lowest BCUT2D eigenvalue weighted by Crippen LogP contribution is -2.48. The molecule has 0 bridgehead atoms. The molecule has 0 N–H and O–H groups in total. The van der Waals surface area contributed by atoms with Gasteiger partial charge >= 0.3 is 0 Å². The number of rotatable bonds is 3. The number of hydrogen-bond acceptors (Lipinski definition) is 4. The van der Waals surface area contributed by atoms with Crippen LogP contribution in [0.1, 0.15) is 41.9 Å². The van der Waals surface area contributed by atoms with Crippen molar-refractivity contribution in [3.63, 3.8) is 0 Å². The van der Waals surface area contributed by atoms with Crippen LogP contribution in [-0.4, -0.2) is 50.7 Å². The first-order chi connectivity index (χ1) is 13.8. The Morgan fingerprint density at radius 2 is 1.83 bits per heavy atom. The van der Waals surface area contributed by atoms with Crippen molar-refractivity contribution in [2.75, 3.05) is 13.1 Å². The molecule has 1 aromatic carbocycles. The van der Waals surface area contributed by atoms with E-state index in [-0.39, 0.29) is 35.0 Å². The minimum Gasteiger partial charge on any atom is -0.372 e. The van der Waals surface area contributed by atoms with E-state index in [0.717, 1.165) is 10.1 Å². The minimum atomic E-state index is -2.75. The van der Waals surface area contributed by atoms with Crippen molar-refractivity contribution in [3.8, 4) is 11.3 Å². The minimum absolute atomic E-state index is 0.0998. The highest BCUT2D eigenvalue weighted by atomic mass is 19.3. The summed E-state index contributed by atoms with van der Waals surface area (Å²) in [6.45, 7) is 6.60. The van der Waals surface area contributed by atoms with Crippen LogP contribution >= 0.6 is 0 Å². The zero-order valence-electron chi connectivity index (χ0n) is 16.5. The van der Waals surface area contributed by atoms with Crippen LogP contribution in [0, 0.1) is 6.92 Å².